The standard InChI is InChI=1S/2C11H9NO.C10H9NO.Al/c2*13-11-7-2-1-5-9(11)10-6-3-4-8-12-10;12-10-6-2-1-5-9(10)11-7-3-4-8-11;/h2*1-8,13H;1-8,12H;/q;;;+3/p-3. The molecule has 0 saturated carbocycles. The predicted molar refractivity (Wildman–Crippen MR) is 153 cm³/mol. The topological polar surface area (TPSA) is 58.4 Å². The molecule has 3 heterocycles. The highest BCUT2D eigenvalue weighted by Crippen LogP contribution is 2.33. The molecule has 0 amide bonds. The highest BCUT2D eigenvalue weighted by molar-refractivity contribution is 6.40. The molecule has 0 radical (unpaired) electrons. The number of aromatic nitrogens is 3. The lowest BCUT2D eigenvalue weighted by Crippen LogP contribution is -2.37. The van der Waals surface area contributed by atoms with E-state index in [0.29, 0.717) is 17.2 Å². The molecule has 0 fully saturated rings. The summed E-state index contributed by atoms with van der Waals surface area (Å²) in [4.78, 5) is 9.06. The first kappa shape index (κ1) is 24.5. The second kappa shape index (κ2) is 11.7. The molecule has 0 unspecified atom stereocenters. The lowest BCUT2D eigenvalue weighted by molar-refractivity contribution is 0.308. The van der Waals surface area contributed by atoms with E-state index in [2.05, 4.69) is 9.97 Å². The van der Waals surface area contributed by atoms with Crippen LogP contribution in [-0.4, -0.2) is 29.7 Å². The summed E-state index contributed by atoms with van der Waals surface area (Å²) >= 11 is -2.92. The quantitative estimate of drug-likeness (QED) is 0.188. The molecule has 39 heavy (non-hydrogen) atoms. The van der Waals surface area contributed by atoms with Crippen LogP contribution >= 0.6 is 0 Å². The molecule has 0 spiro atoms. The van der Waals surface area contributed by atoms with Gasteiger partial charge in [0.15, 0.2) is 0 Å². The Morgan fingerprint density at radius 1 is 0.462 bits per heavy atom. The van der Waals surface area contributed by atoms with Gasteiger partial charge in [-0.3, -0.25) is 9.97 Å². The third-order valence-corrected chi connectivity index (χ3v) is 7.41. The average molecular weight is 526 g/mol. The first-order valence-electron chi connectivity index (χ1n) is 12.6. The summed E-state index contributed by atoms with van der Waals surface area (Å²) in [6, 6.07) is 39.0. The van der Waals surface area contributed by atoms with Crippen molar-refractivity contribution in [3.05, 3.63) is 146 Å². The monoisotopic (exact) mass is 525 g/mol. The summed E-state index contributed by atoms with van der Waals surface area (Å²) < 4.78 is 21.8. The highest BCUT2D eigenvalue weighted by atomic mass is 27.3. The fourth-order valence-corrected chi connectivity index (χ4v) is 5.63. The average Bonchev–Trinajstić information content (AvgIpc) is 3.54. The molecule has 0 aliphatic rings. The van der Waals surface area contributed by atoms with Crippen molar-refractivity contribution in [1.82, 2.24) is 14.5 Å². The van der Waals surface area contributed by atoms with E-state index in [-0.39, 0.29) is 0 Å². The van der Waals surface area contributed by atoms with Gasteiger partial charge >= 0.3 is 15.1 Å². The molecule has 188 valence electrons. The molecule has 0 saturated heterocycles. The molecule has 0 bridgehead atoms. The normalized spacial score (nSPS) is 10.6. The number of nitrogens with zero attached hydrogens (tertiary/aromatic N) is 3. The Bertz CT molecular complexity index is 1560. The second-order valence-corrected chi connectivity index (χ2v) is 9.91. The van der Waals surface area contributed by atoms with Gasteiger partial charge in [-0.15, -0.1) is 0 Å². The molecule has 6 rings (SSSR count). The molecular formula is C32H24AlN3O3. The lowest BCUT2D eigenvalue weighted by atomic mass is 10.1. The highest BCUT2D eigenvalue weighted by Gasteiger charge is 2.46. The Labute approximate surface area is 232 Å². The van der Waals surface area contributed by atoms with Crippen LogP contribution in [0.1, 0.15) is 0 Å². The van der Waals surface area contributed by atoms with Gasteiger partial charge in [0, 0.05) is 35.9 Å². The third kappa shape index (κ3) is 5.70. The summed E-state index contributed by atoms with van der Waals surface area (Å²) in [7, 11) is 0. The fraction of sp³-hybridized carbons (Fsp3) is 0. The van der Waals surface area contributed by atoms with Crippen LogP contribution in [0.15, 0.2) is 146 Å². The minimum Gasteiger partial charge on any atom is -0.577 e. The van der Waals surface area contributed by atoms with Gasteiger partial charge in [0.2, 0.25) is 0 Å². The van der Waals surface area contributed by atoms with Crippen LogP contribution in [0.2, 0.25) is 0 Å². The summed E-state index contributed by atoms with van der Waals surface area (Å²) in [6.07, 6.45) is 7.50. The van der Waals surface area contributed by atoms with E-state index in [9.17, 15) is 0 Å². The Morgan fingerprint density at radius 2 is 0.923 bits per heavy atom. The summed E-state index contributed by atoms with van der Waals surface area (Å²) in [5, 5.41) is 0. The van der Waals surface area contributed by atoms with Crippen molar-refractivity contribution < 1.29 is 11.4 Å². The van der Waals surface area contributed by atoms with E-state index in [0.717, 1.165) is 28.2 Å². The van der Waals surface area contributed by atoms with Gasteiger partial charge in [-0.1, -0.05) is 48.5 Å². The van der Waals surface area contributed by atoms with Gasteiger partial charge in [0.05, 0.1) is 28.6 Å². The zero-order valence-corrected chi connectivity index (χ0v) is 22.2. The molecule has 3 aromatic heterocycles. The van der Waals surface area contributed by atoms with Gasteiger partial charge in [-0.25, -0.2) is 0 Å². The number of benzene rings is 3. The Morgan fingerprint density at radius 3 is 1.46 bits per heavy atom. The summed E-state index contributed by atoms with van der Waals surface area (Å²) in [5.41, 5.74) is 4.23. The summed E-state index contributed by atoms with van der Waals surface area (Å²) in [6.45, 7) is 0. The zero-order chi connectivity index (χ0) is 26.3. The molecule has 0 N–H and O–H groups in total. The van der Waals surface area contributed by atoms with Gasteiger partial charge < -0.3 is 15.9 Å². The third-order valence-electron chi connectivity index (χ3n) is 6.07. The molecule has 7 heteroatoms. The minimum atomic E-state index is -2.92. The van der Waals surface area contributed by atoms with Gasteiger partial charge in [0.1, 0.15) is 5.75 Å². The number of hydrogen-bond donors (Lipinski definition) is 0. The van der Waals surface area contributed by atoms with Crippen LogP contribution in [0, 0.1) is 0 Å². The van der Waals surface area contributed by atoms with Crippen LogP contribution in [0.3, 0.4) is 0 Å². The molecular weight excluding hydrogens is 501 g/mol. The summed E-state index contributed by atoms with van der Waals surface area (Å²) in [5.74, 6) is 1.94. The maximum atomic E-state index is 6.60. The van der Waals surface area contributed by atoms with Crippen molar-refractivity contribution in [3.63, 3.8) is 0 Å². The minimum absolute atomic E-state index is 0.640. The van der Waals surface area contributed by atoms with Crippen molar-refractivity contribution in [2.24, 2.45) is 0 Å². The first-order chi connectivity index (χ1) is 19.3. The number of hydrogen-bond acceptors (Lipinski definition) is 5. The molecule has 0 atom stereocenters. The Hall–Kier alpha value is -4.83. The van der Waals surface area contributed by atoms with Crippen LogP contribution in [-0.2, 0) is 0 Å². The van der Waals surface area contributed by atoms with E-state index in [1.54, 1.807) is 12.4 Å². The van der Waals surface area contributed by atoms with Crippen molar-refractivity contribution in [2.75, 3.05) is 0 Å². The van der Waals surface area contributed by atoms with Gasteiger partial charge in [-0.2, -0.15) is 0 Å². The first-order valence-corrected chi connectivity index (χ1v) is 14.0. The Kier molecular flexibility index (Phi) is 7.35. The molecule has 6 aromatic rings. The number of pyridine rings is 2. The maximum Gasteiger partial charge on any atom is 1.20 e. The second-order valence-electron chi connectivity index (χ2n) is 8.62. The predicted octanol–water partition coefficient (Wildman–Crippen LogP) is 7.12. The van der Waals surface area contributed by atoms with Gasteiger partial charge in [0.25, 0.3) is 0 Å². The SMILES string of the molecule is c1ccc(-c2ccccc2[O][Al]([O]c2ccccc2-c2ccccn2)[O]c2ccccc2-n2cccc2)nc1. The van der Waals surface area contributed by atoms with E-state index in [4.69, 9.17) is 11.4 Å². The van der Waals surface area contributed by atoms with Crippen molar-refractivity contribution in [3.8, 4) is 45.5 Å². The molecule has 3 aromatic carbocycles. The Balaban J connectivity index is 1.39. The molecule has 0 aliphatic heterocycles. The molecule has 6 nitrogen and oxygen atoms in total. The molecule has 0 aliphatic carbocycles. The largest absolute Gasteiger partial charge is 1.20 e. The number of rotatable bonds is 9. The van der Waals surface area contributed by atoms with E-state index >= 15 is 0 Å². The fourth-order valence-electron chi connectivity index (χ4n) is 4.25. The lowest BCUT2D eigenvalue weighted by Gasteiger charge is -2.21. The van der Waals surface area contributed by atoms with E-state index in [1.807, 2.05) is 138 Å². The van der Waals surface area contributed by atoms with E-state index in [1.165, 1.54) is 0 Å². The van der Waals surface area contributed by atoms with Crippen LogP contribution in [0.25, 0.3) is 28.2 Å². The maximum absolute atomic E-state index is 6.60. The zero-order valence-electron chi connectivity index (χ0n) is 21.0. The van der Waals surface area contributed by atoms with E-state index < -0.39 is 15.1 Å². The van der Waals surface area contributed by atoms with Crippen LogP contribution in [0.5, 0.6) is 17.2 Å². The van der Waals surface area contributed by atoms with Crippen LogP contribution in [0.4, 0.5) is 0 Å². The smallest absolute Gasteiger partial charge is 0.577 e. The van der Waals surface area contributed by atoms with Gasteiger partial charge in [-0.05, 0) is 72.8 Å². The number of para-hydroxylation sites is 4. The van der Waals surface area contributed by atoms with Crippen molar-refractivity contribution >= 4 is 15.1 Å². The van der Waals surface area contributed by atoms with Crippen LogP contribution < -0.4 is 11.4 Å². The van der Waals surface area contributed by atoms with Crippen molar-refractivity contribution in [2.45, 2.75) is 0 Å². The van der Waals surface area contributed by atoms with Crippen molar-refractivity contribution in [1.29, 1.82) is 0 Å².